The first kappa shape index (κ1) is 11.9. The van der Waals surface area contributed by atoms with Crippen molar-refractivity contribution in [1.29, 1.82) is 0 Å². The third-order valence-corrected chi connectivity index (χ3v) is 5.59. The van der Waals surface area contributed by atoms with Crippen LogP contribution in [0.5, 0.6) is 0 Å². The Morgan fingerprint density at radius 3 is 2.76 bits per heavy atom. The lowest BCUT2D eigenvalue weighted by molar-refractivity contribution is 0.0521. The number of nitrogens with two attached hydrogens (primary N) is 1. The first-order valence-corrected chi connectivity index (χ1v) is 7.52. The number of hydrogen-bond donors (Lipinski definition) is 1. The van der Waals surface area contributed by atoms with Crippen molar-refractivity contribution in [1.82, 2.24) is 9.80 Å². The van der Waals surface area contributed by atoms with Crippen LogP contribution >= 0.6 is 0 Å². The Labute approximate surface area is 105 Å². The molecule has 3 heteroatoms. The van der Waals surface area contributed by atoms with Crippen molar-refractivity contribution < 1.29 is 0 Å². The van der Waals surface area contributed by atoms with Crippen molar-refractivity contribution in [3.63, 3.8) is 0 Å². The molecule has 0 aliphatic carbocycles. The predicted molar refractivity (Wildman–Crippen MR) is 71.0 cm³/mol. The van der Waals surface area contributed by atoms with Gasteiger partial charge in [0, 0.05) is 25.2 Å². The number of nitrogens with zero attached hydrogens (tertiary/aromatic N) is 2. The summed E-state index contributed by atoms with van der Waals surface area (Å²) in [6.45, 7) is 7.10. The molecular weight excluding hydrogens is 210 g/mol. The third kappa shape index (κ3) is 1.66. The van der Waals surface area contributed by atoms with Gasteiger partial charge in [0.25, 0.3) is 0 Å². The van der Waals surface area contributed by atoms with Crippen LogP contribution in [0.1, 0.15) is 45.4 Å². The summed E-state index contributed by atoms with van der Waals surface area (Å²) in [4.78, 5) is 5.51. The summed E-state index contributed by atoms with van der Waals surface area (Å²) in [5.41, 5.74) is 6.58. The predicted octanol–water partition coefficient (Wildman–Crippen LogP) is 1.43. The SMILES string of the molecule is CCC1CCCN1C1(CN)CCN2CCCC21. The molecule has 0 amide bonds. The minimum atomic E-state index is 0.327. The van der Waals surface area contributed by atoms with Gasteiger partial charge in [-0.05, 0) is 51.6 Å². The zero-order valence-electron chi connectivity index (χ0n) is 11.2. The topological polar surface area (TPSA) is 32.5 Å². The maximum Gasteiger partial charge on any atom is 0.0501 e. The fraction of sp³-hybridized carbons (Fsp3) is 1.00. The first-order valence-electron chi connectivity index (χ1n) is 7.52. The van der Waals surface area contributed by atoms with Gasteiger partial charge in [-0.3, -0.25) is 9.80 Å². The lowest BCUT2D eigenvalue weighted by atomic mass is 9.85. The number of rotatable bonds is 3. The number of likely N-dealkylation sites (tertiary alicyclic amines) is 1. The second-order valence-corrected chi connectivity index (χ2v) is 6.15. The Kier molecular flexibility index (Phi) is 3.18. The number of hydrogen-bond acceptors (Lipinski definition) is 3. The van der Waals surface area contributed by atoms with E-state index < -0.39 is 0 Å². The van der Waals surface area contributed by atoms with Gasteiger partial charge in [0.1, 0.15) is 0 Å². The Morgan fingerprint density at radius 2 is 2.00 bits per heavy atom. The molecule has 0 saturated carbocycles. The molecule has 3 heterocycles. The van der Waals surface area contributed by atoms with Crippen molar-refractivity contribution >= 4 is 0 Å². The molecule has 3 unspecified atom stereocenters. The second kappa shape index (κ2) is 4.52. The van der Waals surface area contributed by atoms with Gasteiger partial charge in [-0.25, -0.2) is 0 Å². The molecular formula is C14H27N3. The van der Waals surface area contributed by atoms with Crippen LogP contribution in [-0.2, 0) is 0 Å². The van der Waals surface area contributed by atoms with E-state index in [9.17, 15) is 0 Å². The molecule has 3 aliphatic rings. The van der Waals surface area contributed by atoms with Crippen LogP contribution in [0.4, 0.5) is 0 Å². The number of fused-ring (bicyclic) bond motifs is 1. The van der Waals surface area contributed by atoms with Crippen molar-refractivity contribution in [3.8, 4) is 0 Å². The van der Waals surface area contributed by atoms with E-state index in [4.69, 9.17) is 5.73 Å². The summed E-state index contributed by atoms with van der Waals surface area (Å²) in [7, 11) is 0. The van der Waals surface area contributed by atoms with E-state index in [0.717, 1.165) is 18.6 Å². The zero-order chi connectivity index (χ0) is 11.9. The van der Waals surface area contributed by atoms with Gasteiger partial charge in [-0.2, -0.15) is 0 Å². The van der Waals surface area contributed by atoms with Crippen molar-refractivity contribution in [3.05, 3.63) is 0 Å². The summed E-state index contributed by atoms with van der Waals surface area (Å²) in [6, 6.07) is 1.57. The Hall–Kier alpha value is -0.120. The minimum Gasteiger partial charge on any atom is -0.329 e. The molecule has 0 spiro atoms. The molecule has 3 saturated heterocycles. The van der Waals surface area contributed by atoms with E-state index >= 15 is 0 Å². The summed E-state index contributed by atoms with van der Waals surface area (Å²) < 4.78 is 0. The fourth-order valence-electron chi connectivity index (χ4n) is 4.74. The van der Waals surface area contributed by atoms with Gasteiger partial charge in [-0.1, -0.05) is 6.92 Å². The quantitative estimate of drug-likeness (QED) is 0.806. The Balaban J connectivity index is 1.86. The average molecular weight is 237 g/mol. The van der Waals surface area contributed by atoms with E-state index in [0.29, 0.717) is 5.54 Å². The first-order chi connectivity index (χ1) is 8.31. The molecule has 3 fully saturated rings. The largest absolute Gasteiger partial charge is 0.329 e. The molecule has 3 aliphatic heterocycles. The molecule has 2 N–H and O–H groups in total. The highest BCUT2D eigenvalue weighted by Crippen LogP contribution is 2.43. The van der Waals surface area contributed by atoms with E-state index in [1.54, 1.807) is 0 Å². The molecule has 17 heavy (non-hydrogen) atoms. The Morgan fingerprint density at radius 1 is 1.18 bits per heavy atom. The molecule has 0 aromatic carbocycles. The van der Waals surface area contributed by atoms with E-state index in [2.05, 4.69) is 16.7 Å². The van der Waals surface area contributed by atoms with Crippen LogP contribution in [0.25, 0.3) is 0 Å². The second-order valence-electron chi connectivity index (χ2n) is 6.15. The fourth-order valence-corrected chi connectivity index (χ4v) is 4.74. The minimum absolute atomic E-state index is 0.327. The van der Waals surface area contributed by atoms with Crippen LogP contribution in [0, 0.1) is 0 Å². The summed E-state index contributed by atoms with van der Waals surface area (Å²) in [6.07, 6.45) is 8.15. The molecule has 3 nitrogen and oxygen atoms in total. The van der Waals surface area contributed by atoms with Gasteiger partial charge < -0.3 is 5.73 Å². The normalized spacial score (nSPS) is 43.4. The highest BCUT2D eigenvalue weighted by atomic mass is 15.4. The lowest BCUT2D eigenvalue weighted by Crippen LogP contribution is -2.61. The zero-order valence-corrected chi connectivity index (χ0v) is 11.2. The molecule has 0 aromatic rings. The van der Waals surface area contributed by atoms with E-state index in [1.165, 1.54) is 58.2 Å². The van der Waals surface area contributed by atoms with E-state index in [-0.39, 0.29) is 0 Å². The monoisotopic (exact) mass is 237 g/mol. The summed E-state index contributed by atoms with van der Waals surface area (Å²) in [5.74, 6) is 0. The summed E-state index contributed by atoms with van der Waals surface area (Å²) >= 11 is 0. The maximum atomic E-state index is 6.25. The molecule has 3 atom stereocenters. The van der Waals surface area contributed by atoms with Crippen molar-refractivity contribution in [2.75, 3.05) is 26.2 Å². The molecule has 0 radical (unpaired) electrons. The molecule has 0 aromatic heterocycles. The molecule has 3 rings (SSSR count). The van der Waals surface area contributed by atoms with Crippen LogP contribution in [0.2, 0.25) is 0 Å². The van der Waals surface area contributed by atoms with Gasteiger partial charge in [0.2, 0.25) is 0 Å². The summed E-state index contributed by atoms with van der Waals surface area (Å²) in [5, 5.41) is 0. The average Bonchev–Trinajstić information content (AvgIpc) is 3.04. The van der Waals surface area contributed by atoms with Crippen LogP contribution in [0.15, 0.2) is 0 Å². The Bertz CT molecular complexity index is 281. The van der Waals surface area contributed by atoms with Crippen LogP contribution in [0.3, 0.4) is 0 Å². The van der Waals surface area contributed by atoms with Gasteiger partial charge in [0.15, 0.2) is 0 Å². The van der Waals surface area contributed by atoms with Crippen molar-refractivity contribution in [2.45, 2.75) is 63.1 Å². The maximum absolute atomic E-state index is 6.25. The van der Waals surface area contributed by atoms with Crippen molar-refractivity contribution in [2.24, 2.45) is 5.73 Å². The van der Waals surface area contributed by atoms with Crippen LogP contribution in [-0.4, -0.2) is 53.6 Å². The lowest BCUT2D eigenvalue weighted by Gasteiger charge is -2.45. The van der Waals surface area contributed by atoms with E-state index in [1.807, 2.05) is 0 Å². The smallest absolute Gasteiger partial charge is 0.0501 e. The van der Waals surface area contributed by atoms with Gasteiger partial charge in [-0.15, -0.1) is 0 Å². The standard InChI is InChI=1S/C14H27N3/c1-2-12-5-3-9-17(12)14(11-15)7-10-16-8-4-6-13(14)16/h12-13H,2-11,15H2,1H3. The van der Waals surface area contributed by atoms with Gasteiger partial charge in [0.05, 0.1) is 5.54 Å². The highest BCUT2D eigenvalue weighted by molar-refractivity contribution is 5.11. The molecule has 98 valence electrons. The highest BCUT2D eigenvalue weighted by Gasteiger charge is 2.53. The van der Waals surface area contributed by atoms with Crippen LogP contribution < -0.4 is 5.73 Å². The molecule has 0 bridgehead atoms. The van der Waals surface area contributed by atoms with Gasteiger partial charge >= 0.3 is 0 Å². The third-order valence-electron chi connectivity index (χ3n) is 5.59.